The minimum absolute atomic E-state index is 0.129. The number of aromatic nitrogens is 2. The first-order valence-corrected chi connectivity index (χ1v) is 9.63. The number of hydrogen-bond donors (Lipinski definition) is 1. The van der Waals surface area contributed by atoms with Gasteiger partial charge in [0.15, 0.2) is 0 Å². The quantitative estimate of drug-likeness (QED) is 0.752. The second-order valence-corrected chi connectivity index (χ2v) is 7.65. The molecule has 0 saturated carbocycles. The third-order valence-corrected chi connectivity index (χ3v) is 5.28. The molecule has 0 bridgehead atoms. The van der Waals surface area contributed by atoms with Gasteiger partial charge >= 0.3 is 0 Å². The van der Waals surface area contributed by atoms with Crippen LogP contribution < -0.4 is 5.56 Å². The van der Waals surface area contributed by atoms with Gasteiger partial charge in [-0.25, -0.2) is 4.98 Å². The first-order chi connectivity index (χ1) is 13.1. The average molecular weight is 383 g/mol. The summed E-state index contributed by atoms with van der Waals surface area (Å²) in [5, 5.41) is 1.08. The molecule has 1 aromatic heterocycles. The lowest BCUT2D eigenvalue weighted by Crippen LogP contribution is -2.45. The minimum Gasteiger partial charge on any atom is -0.309 e. The van der Waals surface area contributed by atoms with Crippen molar-refractivity contribution in [1.29, 1.82) is 0 Å². The molecule has 1 fully saturated rings. The van der Waals surface area contributed by atoms with Crippen molar-refractivity contribution < 1.29 is 0 Å². The van der Waals surface area contributed by atoms with Gasteiger partial charge in [0.2, 0.25) is 0 Å². The van der Waals surface area contributed by atoms with Crippen molar-refractivity contribution in [2.45, 2.75) is 20.0 Å². The number of H-pyrrole nitrogens is 1. The number of fused-ring (bicyclic) bond motifs is 1. The lowest BCUT2D eigenvalue weighted by atomic mass is 10.1. The average Bonchev–Trinajstić information content (AvgIpc) is 2.64. The van der Waals surface area contributed by atoms with Crippen LogP contribution in [0.5, 0.6) is 0 Å². The topological polar surface area (TPSA) is 52.2 Å². The molecule has 0 amide bonds. The van der Waals surface area contributed by atoms with Crippen molar-refractivity contribution in [2.24, 2.45) is 0 Å². The molecule has 6 heteroatoms. The van der Waals surface area contributed by atoms with Gasteiger partial charge in [0.1, 0.15) is 5.82 Å². The number of rotatable bonds is 4. The van der Waals surface area contributed by atoms with E-state index in [1.165, 1.54) is 11.1 Å². The van der Waals surface area contributed by atoms with E-state index in [1.54, 1.807) is 18.2 Å². The fourth-order valence-electron chi connectivity index (χ4n) is 3.62. The second kappa shape index (κ2) is 7.80. The summed E-state index contributed by atoms with van der Waals surface area (Å²) in [4.78, 5) is 24.6. The standard InChI is InChI=1S/C21H23ClN4O/c1-15-3-2-4-16(11-15)13-25-7-9-26(10-8-25)14-20-23-19-6-5-17(22)12-18(19)21(27)24-20/h2-6,11-12H,7-10,13-14H2,1H3,(H,23,24,27). The molecule has 5 nitrogen and oxygen atoms in total. The van der Waals surface area contributed by atoms with Gasteiger partial charge in [0.05, 0.1) is 17.4 Å². The second-order valence-electron chi connectivity index (χ2n) is 7.22. The Morgan fingerprint density at radius 2 is 1.78 bits per heavy atom. The largest absolute Gasteiger partial charge is 0.309 e. The molecule has 0 aliphatic carbocycles. The fourth-order valence-corrected chi connectivity index (χ4v) is 3.79. The Morgan fingerprint density at radius 1 is 1.04 bits per heavy atom. The highest BCUT2D eigenvalue weighted by Gasteiger charge is 2.18. The van der Waals surface area contributed by atoms with Crippen LogP contribution in [0.3, 0.4) is 0 Å². The van der Waals surface area contributed by atoms with Crippen LogP contribution in [0.2, 0.25) is 5.02 Å². The number of nitrogens with zero attached hydrogens (tertiary/aromatic N) is 3. The predicted molar refractivity (Wildman–Crippen MR) is 109 cm³/mol. The molecule has 0 radical (unpaired) electrons. The number of benzene rings is 2. The van der Waals surface area contributed by atoms with Gasteiger partial charge in [-0.15, -0.1) is 0 Å². The highest BCUT2D eigenvalue weighted by Crippen LogP contribution is 2.15. The third-order valence-electron chi connectivity index (χ3n) is 5.04. The molecule has 2 heterocycles. The SMILES string of the molecule is Cc1cccc(CN2CCN(Cc3nc4ccc(Cl)cc4c(=O)[nH]3)CC2)c1. The van der Waals surface area contributed by atoms with Crippen molar-refractivity contribution >= 4 is 22.5 Å². The molecule has 1 N–H and O–H groups in total. The number of piperazine rings is 1. The molecule has 2 aromatic carbocycles. The van der Waals surface area contributed by atoms with Crippen molar-refractivity contribution in [2.75, 3.05) is 26.2 Å². The number of aryl methyl sites for hydroxylation is 1. The van der Waals surface area contributed by atoms with E-state index in [0.29, 0.717) is 28.3 Å². The van der Waals surface area contributed by atoms with Gasteiger partial charge in [0.25, 0.3) is 5.56 Å². The highest BCUT2D eigenvalue weighted by molar-refractivity contribution is 6.31. The van der Waals surface area contributed by atoms with Gasteiger partial charge < -0.3 is 4.98 Å². The van der Waals surface area contributed by atoms with E-state index in [1.807, 2.05) is 0 Å². The van der Waals surface area contributed by atoms with Gasteiger partial charge in [-0.3, -0.25) is 14.6 Å². The Balaban J connectivity index is 1.38. The zero-order chi connectivity index (χ0) is 18.8. The van der Waals surface area contributed by atoms with Gasteiger partial charge in [-0.05, 0) is 30.7 Å². The molecular formula is C21H23ClN4O. The Morgan fingerprint density at radius 3 is 2.52 bits per heavy atom. The van der Waals surface area contributed by atoms with Crippen LogP contribution in [-0.2, 0) is 13.1 Å². The molecule has 1 saturated heterocycles. The van der Waals surface area contributed by atoms with Crippen LogP contribution in [0.25, 0.3) is 10.9 Å². The van der Waals surface area contributed by atoms with E-state index in [0.717, 1.165) is 32.7 Å². The molecule has 27 heavy (non-hydrogen) atoms. The van der Waals surface area contributed by atoms with Gasteiger partial charge in [0, 0.05) is 37.7 Å². The first kappa shape index (κ1) is 18.2. The van der Waals surface area contributed by atoms with E-state index in [4.69, 9.17) is 11.6 Å². The lowest BCUT2D eigenvalue weighted by Gasteiger charge is -2.34. The zero-order valence-electron chi connectivity index (χ0n) is 15.4. The molecule has 140 valence electrons. The van der Waals surface area contributed by atoms with Crippen LogP contribution >= 0.6 is 11.6 Å². The van der Waals surface area contributed by atoms with E-state index in [-0.39, 0.29) is 5.56 Å². The maximum atomic E-state index is 12.3. The Hall–Kier alpha value is -2.21. The fraction of sp³-hybridized carbons (Fsp3) is 0.333. The van der Waals surface area contributed by atoms with Crippen LogP contribution in [0.4, 0.5) is 0 Å². The van der Waals surface area contributed by atoms with Crippen LogP contribution in [0.1, 0.15) is 17.0 Å². The summed E-state index contributed by atoms with van der Waals surface area (Å²) in [6, 6.07) is 13.9. The van der Waals surface area contributed by atoms with Crippen molar-refractivity contribution in [1.82, 2.24) is 19.8 Å². The maximum Gasteiger partial charge on any atom is 0.258 e. The summed E-state index contributed by atoms with van der Waals surface area (Å²) in [5.74, 6) is 0.710. The number of hydrogen-bond acceptors (Lipinski definition) is 4. The van der Waals surface area contributed by atoms with Crippen molar-refractivity contribution in [3.8, 4) is 0 Å². The number of nitrogens with one attached hydrogen (secondary N) is 1. The summed E-state index contributed by atoms with van der Waals surface area (Å²) in [5.41, 5.74) is 3.23. The Kier molecular flexibility index (Phi) is 5.25. The Bertz CT molecular complexity index is 1010. The summed E-state index contributed by atoms with van der Waals surface area (Å²) < 4.78 is 0. The zero-order valence-corrected chi connectivity index (χ0v) is 16.2. The molecule has 0 spiro atoms. The summed E-state index contributed by atoms with van der Waals surface area (Å²) in [6.45, 7) is 7.74. The lowest BCUT2D eigenvalue weighted by molar-refractivity contribution is 0.120. The molecule has 1 aliphatic rings. The van der Waals surface area contributed by atoms with Crippen LogP contribution in [0, 0.1) is 6.92 Å². The summed E-state index contributed by atoms with van der Waals surface area (Å²) in [6.07, 6.45) is 0. The number of halogens is 1. The highest BCUT2D eigenvalue weighted by atomic mass is 35.5. The van der Waals surface area contributed by atoms with Crippen molar-refractivity contribution in [3.05, 3.63) is 74.8 Å². The normalized spacial score (nSPS) is 16.1. The van der Waals surface area contributed by atoms with E-state index < -0.39 is 0 Å². The molecule has 3 aromatic rings. The monoisotopic (exact) mass is 382 g/mol. The maximum absolute atomic E-state index is 12.3. The van der Waals surface area contributed by atoms with Gasteiger partial charge in [-0.1, -0.05) is 41.4 Å². The van der Waals surface area contributed by atoms with E-state index >= 15 is 0 Å². The van der Waals surface area contributed by atoms with Crippen LogP contribution in [-0.4, -0.2) is 45.9 Å². The molecular weight excluding hydrogens is 360 g/mol. The summed E-state index contributed by atoms with van der Waals surface area (Å²) >= 11 is 5.97. The van der Waals surface area contributed by atoms with Crippen molar-refractivity contribution in [3.63, 3.8) is 0 Å². The number of aromatic amines is 1. The summed E-state index contributed by atoms with van der Waals surface area (Å²) in [7, 11) is 0. The third kappa shape index (κ3) is 4.38. The van der Waals surface area contributed by atoms with Crippen LogP contribution in [0.15, 0.2) is 47.3 Å². The van der Waals surface area contributed by atoms with E-state index in [9.17, 15) is 4.79 Å². The van der Waals surface area contributed by atoms with E-state index in [2.05, 4.69) is 51.0 Å². The van der Waals surface area contributed by atoms with Gasteiger partial charge in [-0.2, -0.15) is 0 Å². The predicted octanol–water partition coefficient (Wildman–Crippen LogP) is 3.20. The minimum atomic E-state index is -0.129. The first-order valence-electron chi connectivity index (χ1n) is 9.25. The molecule has 0 atom stereocenters. The molecule has 4 rings (SSSR count). The molecule has 1 aliphatic heterocycles. The molecule has 0 unspecified atom stereocenters. The Labute approximate surface area is 163 Å². The smallest absolute Gasteiger partial charge is 0.258 e.